The number of rotatable bonds is 5. The first-order chi connectivity index (χ1) is 10.3. The van der Waals surface area contributed by atoms with Crippen molar-refractivity contribution in [3.05, 3.63) is 29.8 Å². The Kier molecular flexibility index (Phi) is 5.24. The lowest BCUT2D eigenvalue weighted by Crippen LogP contribution is -2.40. The molecular formula is C16H24N2O3S. The number of hydrogen-bond acceptors (Lipinski definition) is 4. The zero-order chi connectivity index (χ0) is 16.3. The van der Waals surface area contributed by atoms with Crippen LogP contribution >= 0.6 is 0 Å². The highest BCUT2D eigenvalue weighted by Crippen LogP contribution is 2.29. The van der Waals surface area contributed by atoms with Gasteiger partial charge in [0, 0.05) is 31.5 Å². The van der Waals surface area contributed by atoms with Crippen molar-refractivity contribution in [2.45, 2.75) is 44.0 Å². The third-order valence-electron chi connectivity index (χ3n) is 4.21. The van der Waals surface area contributed by atoms with E-state index in [1.54, 1.807) is 0 Å². The molecular weight excluding hydrogens is 300 g/mol. The lowest BCUT2D eigenvalue weighted by Gasteiger charge is -2.28. The second kappa shape index (κ2) is 6.79. The summed E-state index contributed by atoms with van der Waals surface area (Å²) in [4.78, 5) is 13.2. The van der Waals surface area contributed by atoms with Crippen LogP contribution in [0.3, 0.4) is 0 Å². The predicted molar refractivity (Wildman–Crippen MR) is 88.5 cm³/mol. The molecule has 2 rings (SSSR count). The largest absolute Gasteiger partial charge is 0.326 e. The molecule has 0 aromatic heterocycles. The maximum atomic E-state index is 11.9. The number of carbonyl (C=O) groups is 1. The molecule has 1 saturated carbocycles. The lowest BCUT2D eigenvalue weighted by atomic mass is 10.1. The molecule has 5 nitrogen and oxygen atoms in total. The van der Waals surface area contributed by atoms with Gasteiger partial charge in [-0.15, -0.1) is 0 Å². The summed E-state index contributed by atoms with van der Waals surface area (Å²) in [6, 6.07) is 7.74. The van der Waals surface area contributed by atoms with E-state index in [-0.39, 0.29) is 17.2 Å². The molecule has 0 spiro atoms. The third kappa shape index (κ3) is 4.30. The highest BCUT2D eigenvalue weighted by molar-refractivity contribution is 7.91. The molecule has 1 aliphatic rings. The fourth-order valence-corrected chi connectivity index (χ4v) is 4.78. The van der Waals surface area contributed by atoms with E-state index in [0.717, 1.165) is 30.5 Å². The number of carbonyl (C=O) groups excluding carboxylic acids is 1. The smallest absolute Gasteiger partial charge is 0.221 e. The second-order valence-corrected chi connectivity index (χ2v) is 8.43. The normalized spacial score (nSPS) is 22.0. The first kappa shape index (κ1) is 17.0. The van der Waals surface area contributed by atoms with Crippen molar-refractivity contribution in [1.82, 2.24) is 4.90 Å². The number of amides is 1. The zero-order valence-corrected chi connectivity index (χ0v) is 14.2. The van der Waals surface area contributed by atoms with E-state index in [1.807, 2.05) is 31.3 Å². The van der Waals surface area contributed by atoms with Crippen molar-refractivity contribution >= 4 is 21.4 Å². The molecule has 1 fully saturated rings. The highest BCUT2D eigenvalue weighted by Gasteiger charge is 2.36. The van der Waals surface area contributed by atoms with Crippen LogP contribution in [0.5, 0.6) is 0 Å². The summed E-state index contributed by atoms with van der Waals surface area (Å²) in [6.45, 7) is 2.15. The van der Waals surface area contributed by atoms with Crippen molar-refractivity contribution in [2.24, 2.45) is 0 Å². The number of benzene rings is 1. The summed E-state index contributed by atoms with van der Waals surface area (Å²) >= 11 is 0. The van der Waals surface area contributed by atoms with Gasteiger partial charge < -0.3 is 5.32 Å². The van der Waals surface area contributed by atoms with Gasteiger partial charge in [0.2, 0.25) is 5.91 Å². The Labute approximate surface area is 132 Å². The second-order valence-electron chi connectivity index (χ2n) is 6.16. The minimum atomic E-state index is -3.01. The predicted octanol–water partition coefficient (Wildman–Crippen LogP) is 2.04. The SMILES string of the molecule is CC(=O)Nc1cccc(CN(C)[C@@H]2CCC[C@@H]2S(C)(=O)=O)c1. The first-order valence-electron chi connectivity index (χ1n) is 7.53. The van der Waals surface area contributed by atoms with Crippen LogP contribution in [0.1, 0.15) is 31.7 Å². The van der Waals surface area contributed by atoms with E-state index >= 15 is 0 Å². The number of nitrogens with one attached hydrogen (secondary N) is 1. The van der Waals surface area contributed by atoms with E-state index < -0.39 is 9.84 Å². The van der Waals surface area contributed by atoms with E-state index in [0.29, 0.717) is 6.54 Å². The van der Waals surface area contributed by atoms with E-state index in [9.17, 15) is 13.2 Å². The summed E-state index contributed by atoms with van der Waals surface area (Å²) in [5.41, 5.74) is 1.83. The molecule has 22 heavy (non-hydrogen) atoms. The molecule has 1 amide bonds. The van der Waals surface area contributed by atoms with Crippen LogP contribution in [0.4, 0.5) is 5.69 Å². The summed E-state index contributed by atoms with van der Waals surface area (Å²) in [6.07, 6.45) is 3.96. The number of anilines is 1. The Morgan fingerprint density at radius 2 is 2.09 bits per heavy atom. The molecule has 122 valence electrons. The maximum absolute atomic E-state index is 11.9. The average molecular weight is 324 g/mol. The van der Waals surface area contributed by atoms with Gasteiger partial charge in [0.05, 0.1) is 5.25 Å². The molecule has 6 heteroatoms. The van der Waals surface area contributed by atoms with E-state index in [2.05, 4.69) is 10.2 Å². The van der Waals surface area contributed by atoms with Crippen molar-refractivity contribution < 1.29 is 13.2 Å². The maximum Gasteiger partial charge on any atom is 0.221 e. The summed E-state index contributed by atoms with van der Waals surface area (Å²) in [5, 5.41) is 2.50. The van der Waals surface area contributed by atoms with Crippen molar-refractivity contribution in [3.63, 3.8) is 0 Å². The molecule has 0 heterocycles. The Bertz CT molecular complexity index is 643. The lowest BCUT2D eigenvalue weighted by molar-refractivity contribution is -0.114. The summed E-state index contributed by atoms with van der Waals surface area (Å²) in [5.74, 6) is -0.0987. The van der Waals surface area contributed by atoms with Gasteiger partial charge in [0.25, 0.3) is 0 Å². The van der Waals surface area contributed by atoms with Crippen molar-refractivity contribution in [1.29, 1.82) is 0 Å². The Balaban J connectivity index is 2.08. The van der Waals surface area contributed by atoms with Gasteiger partial charge in [-0.1, -0.05) is 18.6 Å². The van der Waals surface area contributed by atoms with Crippen LogP contribution in [0.2, 0.25) is 0 Å². The van der Waals surface area contributed by atoms with Crippen LogP contribution in [-0.2, 0) is 21.2 Å². The highest BCUT2D eigenvalue weighted by atomic mass is 32.2. The van der Waals surface area contributed by atoms with Gasteiger partial charge in [-0.05, 0) is 37.6 Å². The topological polar surface area (TPSA) is 66.5 Å². The number of nitrogens with zero attached hydrogens (tertiary/aromatic N) is 1. The van der Waals surface area contributed by atoms with Gasteiger partial charge in [-0.2, -0.15) is 0 Å². The molecule has 1 aliphatic carbocycles. The van der Waals surface area contributed by atoms with Gasteiger partial charge in [-0.25, -0.2) is 8.42 Å². The van der Waals surface area contributed by atoms with Crippen LogP contribution in [0, 0.1) is 0 Å². The molecule has 1 N–H and O–H groups in total. The van der Waals surface area contributed by atoms with Gasteiger partial charge in [0.1, 0.15) is 0 Å². The number of hydrogen-bond donors (Lipinski definition) is 1. The zero-order valence-electron chi connectivity index (χ0n) is 13.4. The Hall–Kier alpha value is -1.40. The molecule has 0 radical (unpaired) electrons. The molecule has 0 unspecified atom stereocenters. The average Bonchev–Trinajstić information content (AvgIpc) is 2.87. The van der Waals surface area contributed by atoms with Gasteiger partial charge in [0.15, 0.2) is 9.84 Å². The quantitative estimate of drug-likeness (QED) is 0.900. The van der Waals surface area contributed by atoms with Crippen molar-refractivity contribution in [2.75, 3.05) is 18.6 Å². The molecule has 1 aromatic carbocycles. The monoisotopic (exact) mass is 324 g/mol. The molecule has 1 aromatic rings. The summed E-state index contributed by atoms with van der Waals surface area (Å²) in [7, 11) is -1.04. The Morgan fingerprint density at radius 3 is 2.73 bits per heavy atom. The van der Waals surface area contributed by atoms with Crippen LogP contribution in [0.15, 0.2) is 24.3 Å². The fraction of sp³-hybridized carbons (Fsp3) is 0.562. The first-order valence-corrected chi connectivity index (χ1v) is 9.48. The van der Waals surface area contributed by atoms with Crippen LogP contribution in [-0.4, -0.2) is 43.8 Å². The number of sulfone groups is 1. The third-order valence-corrected chi connectivity index (χ3v) is 5.86. The fourth-order valence-electron chi connectivity index (χ4n) is 3.27. The molecule has 0 bridgehead atoms. The minimum absolute atomic E-state index is 0.0689. The van der Waals surface area contributed by atoms with Crippen LogP contribution in [0.25, 0.3) is 0 Å². The minimum Gasteiger partial charge on any atom is -0.326 e. The van der Waals surface area contributed by atoms with Crippen LogP contribution < -0.4 is 5.32 Å². The van der Waals surface area contributed by atoms with Crippen molar-refractivity contribution in [3.8, 4) is 0 Å². The summed E-state index contributed by atoms with van der Waals surface area (Å²) < 4.78 is 23.8. The van der Waals surface area contributed by atoms with Gasteiger partial charge in [-0.3, -0.25) is 9.69 Å². The molecule has 0 aliphatic heterocycles. The Morgan fingerprint density at radius 1 is 1.36 bits per heavy atom. The van der Waals surface area contributed by atoms with E-state index in [4.69, 9.17) is 0 Å². The molecule has 2 atom stereocenters. The van der Waals surface area contributed by atoms with E-state index in [1.165, 1.54) is 13.2 Å². The van der Waals surface area contributed by atoms with Gasteiger partial charge >= 0.3 is 0 Å². The molecule has 0 saturated heterocycles. The standard InChI is InChI=1S/C16H24N2O3S/c1-12(19)17-14-7-4-6-13(10-14)11-18(2)15-8-5-9-16(15)22(3,20)21/h4,6-7,10,15-16H,5,8-9,11H2,1-3H3,(H,17,19)/t15-,16+/m1/s1.